The van der Waals surface area contributed by atoms with Crippen molar-refractivity contribution in [1.82, 2.24) is 15.2 Å². The van der Waals surface area contributed by atoms with E-state index in [4.69, 9.17) is 0 Å². The third kappa shape index (κ3) is 4.89. The predicted octanol–water partition coefficient (Wildman–Crippen LogP) is 2.81. The summed E-state index contributed by atoms with van der Waals surface area (Å²) in [4.78, 5) is 30.4. The molecule has 1 aromatic heterocycles. The monoisotopic (exact) mass is 401 g/mol. The van der Waals surface area contributed by atoms with Crippen LogP contribution in [0.2, 0.25) is 0 Å². The van der Waals surface area contributed by atoms with E-state index in [1.54, 1.807) is 24.5 Å². The lowest BCUT2D eigenvalue weighted by molar-refractivity contribution is -0.131. The van der Waals surface area contributed by atoms with E-state index in [0.717, 1.165) is 22.9 Å². The van der Waals surface area contributed by atoms with Crippen LogP contribution in [0.5, 0.6) is 0 Å². The van der Waals surface area contributed by atoms with Gasteiger partial charge in [0.2, 0.25) is 5.91 Å². The maximum Gasteiger partial charge on any atom is 0.253 e. The number of benzene rings is 1. The van der Waals surface area contributed by atoms with Gasteiger partial charge in [-0.2, -0.15) is 0 Å². The van der Waals surface area contributed by atoms with Crippen molar-refractivity contribution in [3.63, 3.8) is 0 Å². The normalized spacial score (nSPS) is 15.0. The fraction of sp³-hybridized carbons (Fsp3) is 0.316. The van der Waals surface area contributed by atoms with Gasteiger partial charge in [-0.3, -0.25) is 14.6 Å². The van der Waals surface area contributed by atoms with E-state index in [9.17, 15) is 9.59 Å². The molecule has 1 aromatic carbocycles. The molecule has 1 aliphatic rings. The van der Waals surface area contributed by atoms with Gasteiger partial charge in [-0.1, -0.05) is 28.1 Å². The van der Waals surface area contributed by atoms with Crippen molar-refractivity contribution in [3.05, 3.63) is 64.4 Å². The zero-order chi connectivity index (χ0) is 17.6. The van der Waals surface area contributed by atoms with Crippen LogP contribution in [-0.4, -0.2) is 40.8 Å². The highest BCUT2D eigenvalue weighted by atomic mass is 79.9. The van der Waals surface area contributed by atoms with Crippen molar-refractivity contribution in [3.8, 4) is 0 Å². The van der Waals surface area contributed by atoms with Gasteiger partial charge in [-0.15, -0.1) is 0 Å². The number of likely N-dealkylation sites (tertiary alicyclic amines) is 1. The summed E-state index contributed by atoms with van der Waals surface area (Å²) in [6, 6.07) is 11.4. The molecular formula is C19H20BrN3O2. The Morgan fingerprint density at radius 3 is 2.52 bits per heavy atom. The molecule has 0 aliphatic carbocycles. The molecule has 130 valence electrons. The zero-order valence-corrected chi connectivity index (χ0v) is 15.4. The van der Waals surface area contributed by atoms with Crippen LogP contribution in [0, 0.1) is 0 Å². The molecule has 1 saturated heterocycles. The summed E-state index contributed by atoms with van der Waals surface area (Å²) in [5.41, 5.74) is 1.58. The number of nitrogens with zero attached hydrogens (tertiary/aromatic N) is 2. The van der Waals surface area contributed by atoms with Crippen LogP contribution in [0.4, 0.5) is 0 Å². The molecule has 0 unspecified atom stereocenters. The molecule has 3 rings (SSSR count). The van der Waals surface area contributed by atoms with Crippen LogP contribution >= 0.6 is 15.9 Å². The third-order valence-electron chi connectivity index (χ3n) is 4.38. The summed E-state index contributed by atoms with van der Waals surface area (Å²) in [7, 11) is 0. The Kier molecular flexibility index (Phi) is 5.81. The standard InChI is InChI=1S/C19H20BrN3O2/c20-16-5-3-14(4-6-16)12-18(24)23-10-7-17(8-11-23)22-19(25)15-2-1-9-21-13-15/h1-6,9,13,17H,7-8,10-12H2,(H,22,25). The number of carbonyl (C=O) groups excluding carboxylic acids is 2. The van der Waals surface area contributed by atoms with Crippen LogP contribution in [0.25, 0.3) is 0 Å². The number of amides is 2. The summed E-state index contributed by atoms with van der Waals surface area (Å²) in [6.07, 6.45) is 5.18. The molecular weight excluding hydrogens is 382 g/mol. The summed E-state index contributed by atoms with van der Waals surface area (Å²) >= 11 is 3.40. The number of rotatable bonds is 4. The second-order valence-corrected chi connectivity index (χ2v) is 7.09. The van der Waals surface area contributed by atoms with Gasteiger partial charge >= 0.3 is 0 Å². The minimum absolute atomic E-state index is 0.101. The number of carbonyl (C=O) groups is 2. The smallest absolute Gasteiger partial charge is 0.253 e. The lowest BCUT2D eigenvalue weighted by Crippen LogP contribution is -2.47. The minimum atomic E-state index is -0.104. The van der Waals surface area contributed by atoms with E-state index in [2.05, 4.69) is 26.2 Å². The van der Waals surface area contributed by atoms with E-state index in [0.29, 0.717) is 25.1 Å². The third-order valence-corrected chi connectivity index (χ3v) is 4.90. The van der Waals surface area contributed by atoms with Crippen molar-refractivity contribution in [2.45, 2.75) is 25.3 Å². The van der Waals surface area contributed by atoms with Crippen molar-refractivity contribution in [2.75, 3.05) is 13.1 Å². The van der Waals surface area contributed by atoms with Gasteiger partial charge < -0.3 is 10.2 Å². The van der Waals surface area contributed by atoms with Gasteiger partial charge in [0, 0.05) is 36.0 Å². The highest BCUT2D eigenvalue weighted by Crippen LogP contribution is 2.15. The maximum absolute atomic E-state index is 12.4. The molecule has 0 atom stereocenters. The predicted molar refractivity (Wildman–Crippen MR) is 99.2 cm³/mol. The van der Waals surface area contributed by atoms with E-state index in [1.165, 1.54) is 0 Å². The van der Waals surface area contributed by atoms with Gasteiger partial charge in [-0.05, 0) is 42.7 Å². The number of aromatic nitrogens is 1. The van der Waals surface area contributed by atoms with Crippen molar-refractivity contribution in [1.29, 1.82) is 0 Å². The Bertz CT molecular complexity index is 726. The Balaban J connectivity index is 1.47. The van der Waals surface area contributed by atoms with Gasteiger partial charge in [0.05, 0.1) is 12.0 Å². The first-order valence-electron chi connectivity index (χ1n) is 8.35. The van der Waals surface area contributed by atoms with Crippen molar-refractivity contribution >= 4 is 27.7 Å². The first-order valence-corrected chi connectivity index (χ1v) is 9.14. The Morgan fingerprint density at radius 1 is 1.16 bits per heavy atom. The number of pyridine rings is 1. The van der Waals surface area contributed by atoms with Crippen LogP contribution in [0.1, 0.15) is 28.8 Å². The molecule has 5 nitrogen and oxygen atoms in total. The highest BCUT2D eigenvalue weighted by molar-refractivity contribution is 9.10. The molecule has 0 radical (unpaired) electrons. The quantitative estimate of drug-likeness (QED) is 0.856. The molecule has 1 aliphatic heterocycles. The number of hydrogen-bond acceptors (Lipinski definition) is 3. The van der Waals surface area contributed by atoms with Crippen LogP contribution < -0.4 is 5.32 Å². The average molecular weight is 402 g/mol. The topological polar surface area (TPSA) is 62.3 Å². The molecule has 0 saturated carbocycles. The molecule has 1 N–H and O–H groups in total. The van der Waals surface area contributed by atoms with E-state index < -0.39 is 0 Å². The molecule has 1 fully saturated rings. The summed E-state index contributed by atoms with van der Waals surface area (Å²) in [6.45, 7) is 1.35. The molecule has 0 spiro atoms. The number of piperidine rings is 1. The van der Waals surface area contributed by atoms with E-state index in [1.807, 2.05) is 29.2 Å². The van der Waals surface area contributed by atoms with Crippen molar-refractivity contribution < 1.29 is 9.59 Å². The fourth-order valence-corrected chi connectivity index (χ4v) is 3.19. The van der Waals surface area contributed by atoms with Gasteiger partial charge in [-0.25, -0.2) is 0 Å². The molecule has 6 heteroatoms. The first kappa shape index (κ1) is 17.6. The van der Waals surface area contributed by atoms with E-state index in [-0.39, 0.29) is 17.9 Å². The Morgan fingerprint density at radius 2 is 1.88 bits per heavy atom. The zero-order valence-electron chi connectivity index (χ0n) is 13.8. The number of nitrogens with one attached hydrogen (secondary N) is 1. The second-order valence-electron chi connectivity index (χ2n) is 6.17. The summed E-state index contributed by atoms with van der Waals surface area (Å²) in [5, 5.41) is 3.03. The molecule has 25 heavy (non-hydrogen) atoms. The average Bonchev–Trinajstić information content (AvgIpc) is 2.65. The van der Waals surface area contributed by atoms with Gasteiger partial charge in [0.1, 0.15) is 0 Å². The first-order chi connectivity index (χ1) is 12.1. The second kappa shape index (κ2) is 8.25. The van der Waals surface area contributed by atoms with E-state index >= 15 is 0 Å². The van der Waals surface area contributed by atoms with Crippen LogP contribution in [0.15, 0.2) is 53.3 Å². The Hall–Kier alpha value is -2.21. The molecule has 2 amide bonds. The fourth-order valence-electron chi connectivity index (χ4n) is 2.93. The van der Waals surface area contributed by atoms with Gasteiger partial charge in [0.25, 0.3) is 5.91 Å². The molecule has 2 heterocycles. The summed E-state index contributed by atoms with van der Waals surface area (Å²) < 4.78 is 1.01. The summed E-state index contributed by atoms with van der Waals surface area (Å²) in [5.74, 6) is 0.0343. The number of halogens is 1. The highest BCUT2D eigenvalue weighted by Gasteiger charge is 2.24. The minimum Gasteiger partial charge on any atom is -0.349 e. The van der Waals surface area contributed by atoms with Gasteiger partial charge in [0.15, 0.2) is 0 Å². The van der Waals surface area contributed by atoms with Crippen LogP contribution in [-0.2, 0) is 11.2 Å². The van der Waals surface area contributed by atoms with Crippen LogP contribution in [0.3, 0.4) is 0 Å². The maximum atomic E-state index is 12.4. The Labute approximate surface area is 155 Å². The molecule has 0 bridgehead atoms. The number of hydrogen-bond donors (Lipinski definition) is 1. The largest absolute Gasteiger partial charge is 0.349 e. The molecule has 2 aromatic rings. The lowest BCUT2D eigenvalue weighted by Gasteiger charge is -2.32. The lowest BCUT2D eigenvalue weighted by atomic mass is 10.0. The SMILES string of the molecule is O=C(NC1CCN(C(=O)Cc2ccc(Br)cc2)CC1)c1cccnc1. The van der Waals surface area contributed by atoms with Crippen molar-refractivity contribution in [2.24, 2.45) is 0 Å².